The van der Waals surface area contributed by atoms with Crippen LogP contribution >= 0.6 is 0 Å². The van der Waals surface area contributed by atoms with E-state index in [1.54, 1.807) is 0 Å². The van der Waals surface area contributed by atoms with Crippen LogP contribution in [0, 0.1) is 0 Å². The molecule has 0 aliphatic heterocycles. The van der Waals surface area contributed by atoms with Crippen LogP contribution in [0.5, 0.6) is 0 Å². The molecule has 1 aromatic carbocycles. The third kappa shape index (κ3) is 3.34. The van der Waals surface area contributed by atoms with Gasteiger partial charge >= 0.3 is 0 Å². The molecular formula is C15H22N2O. The van der Waals surface area contributed by atoms with Gasteiger partial charge in [0.05, 0.1) is 0 Å². The largest absolute Gasteiger partial charge is 0.396 e. The van der Waals surface area contributed by atoms with Crippen molar-refractivity contribution in [3.05, 3.63) is 36.0 Å². The Morgan fingerprint density at radius 2 is 2.06 bits per heavy atom. The maximum absolute atomic E-state index is 8.80. The van der Waals surface area contributed by atoms with Gasteiger partial charge < -0.3 is 15.4 Å². The van der Waals surface area contributed by atoms with Crippen LogP contribution in [0.1, 0.15) is 26.0 Å². The number of hydrogen-bond donors (Lipinski definition) is 3. The van der Waals surface area contributed by atoms with Crippen molar-refractivity contribution in [2.45, 2.75) is 32.2 Å². The van der Waals surface area contributed by atoms with Crippen LogP contribution in [0.3, 0.4) is 0 Å². The number of aliphatic hydroxyl groups excluding tert-OH is 1. The predicted molar refractivity (Wildman–Crippen MR) is 75.8 cm³/mol. The average molecular weight is 246 g/mol. The number of hydrogen-bond acceptors (Lipinski definition) is 2. The maximum atomic E-state index is 8.80. The second-order valence-electron chi connectivity index (χ2n) is 5.45. The lowest BCUT2D eigenvalue weighted by Crippen LogP contribution is -2.42. The zero-order valence-electron chi connectivity index (χ0n) is 11.2. The van der Waals surface area contributed by atoms with Gasteiger partial charge in [0, 0.05) is 29.8 Å². The Bertz CT molecular complexity index is 469. The van der Waals surface area contributed by atoms with E-state index in [1.165, 1.54) is 16.6 Å². The third-order valence-corrected chi connectivity index (χ3v) is 3.16. The van der Waals surface area contributed by atoms with E-state index in [2.05, 4.69) is 48.4 Å². The lowest BCUT2D eigenvalue weighted by Gasteiger charge is -2.25. The van der Waals surface area contributed by atoms with Crippen molar-refractivity contribution >= 4 is 10.9 Å². The fourth-order valence-corrected chi connectivity index (χ4v) is 2.27. The molecule has 0 aliphatic carbocycles. The molecule has 0 amide bonds. The molecule has 0 fully saturated rings. The molecule has 0 saturated heterocycles. The number of fused-ring (bicyclic) bond motifs is 1. The molecule has 3 nitrogen and oxygen atoms in total. The van der Waals surface area contributed by atoms with E-state index >= 15 is 0 Å². The van der Waals surface area contributed by atoms with E-state index in [4.69, 9.17) is 5.11 Å². The first-order valence-corrected chi connectivity index (χ1v) is 6.53. The highest BCUT2D eigenvalue weighted by molar-refractivity contribution is 5.80. The third-order valence-electron chi connectivity index (χ3n) is 3.16. The summed E-state index contributed by atoms with van der Waals surface area (Å²) >= 11 is 0. The van der Waals surface area contributed by atoms with E-state index < -0.39 is 0 Å². The lowest BCUT2D eigenvalue weighted by atomic mass is 9.98. The SMILES string of the molecule is CC(C)(Cc1cc2ccccc2[nH]1)NCCCO. The zero-order valence-corrected chi connectivity index (χ0v) is 11.2. The molecule has 0 radical (unpaired) electrons. The molecule has 1 heterocycles. The van der Waals surface area contributed by atoms with Crippen molar-refractivity contribution < 1.29 is 5.11 Å². The van der Waals surface area contributed by atoms with Crippen LogP contribution in [-0.4, -0.2) is 28.8 Å². The van der Waals surface area contributed by atoms with Crippen molar-refractivity contribution in [3.8, 4) is 0 Å². The summed E-state index contributed by atoms with van der Waals surface area (Å²) in [5.74, 6) is 0. The Labute approximate surface area is 108 Å². The van der Waals surface area contributed by atoms with E-state index in [1.807, 2.05) is 6.07 Å². The molecule has 0 unspecified atom stereocenters. The van der Waals surface area contributed by atoms with Gasteiger partial charge in [0.2, 0.25) is 0 Å². The molecule has 0 aliphatic rings. The van der Waals surface area contributed by atoms with Gasteiger partial charge in [-0.25, -0.2) is 0 Å². The van der Waals surface area contributed by atoms with E-state index in [0.29, 0.717) is 0 Å². The summed E-state index contributed by atoms with van der Waals surface area (Å²) in [5.41, 5.74) is 2.48. The van der Waals surface area contributed by atoms with Gasteiger partial charge in [-0.05, 0) is 44.3 Å². The number of aromatic nitrogens is 1. The Balaban J connectivity index is 2.03. The summed E-state index contributed by atoms with van der Waals surface area (Å²) in [6, 6.07) is 10.6. The molecule has 18 heavy (non-hydrogen) atoms. The maximum Gasteiger partial charge on any atom is 0.0456 e. The molecule has 0 spiro atoms. The number of para-hydroxylation sites is 1. The highest BCUT2D eigenvalue weighted by Gasteiger charge is 2.18. The Morgan fingerprint density at radius 1 is 1.28 bits per heavy atom. The standard InChI is InChI=1S/C15H22N2O/c1-15(2,16-8-5-9-18)11-13-10-12-6-3-4-7-14(12)17-13/h3-4,6-7,10,16-18H,5,8-9,11H2,1-2H3. The van der Waals surface area contributed by atoms with Gasteiger partial charge in [0.25, 0.3) is 0 Å². The summed E-state index contributed by atoms with van der Waals surface area (Å²) in [4.78, 5) is 3.45. The van der Waals surface area contributed by atoms with Gasteiger partial charge in [-0.2, -0.15) is 0 Å². The average Bonchev–Trinajstić information content (AvgIpc) is 2.70. The first-order valence-electron chi connectivity index (χ1n) is 6.53. The number of benzene rings is 1. The molecule has 3 N–H and O–H groups in total. The fourth-order valence-electron chi connectivity index (χ4n) is 2.27. The van der Waals surface area contributed by atoms with Crippen molar-refractivity contribution in [1.29, 1.82) is 0 Å². The van der Waals surface area contributed by atoms with Crippen LogP contribution < -0.4 is 5.32 Å². The summed E-state index contributed by atoms with van der Waals surface area (Å²) in [7, 11) is 0. The molecule has 2 aromatic rings. The zero-order chi connectivity index (χ0) is 13.0. The minimum atomic E-state index is 0.0377. The Hall–Kier alpha value is -1.32. The monoisotopic (exact) mass is 246 g/mol. The Kier molecular flexibility index (Phi) is 4.04. The van der Waals surface area contributed by atoms with Crippen LogP contribution in [0.15, 0.2) is 30.3 Å². The number of rotatable bonds is 6. The fraction of sp³-hybridized carbons (Fsp3) is 0.467. The minimum absolute atomic E-state index is 0.0377. The molecule has 98 valence electrons. The van der Waals surface area contributed by atoms with Crippen molar-refractivity contribution in [2.24, 2.45) is 0 Å². The van der Waals surface area contributed by atoms with Gasteiger partial charge in [-0.15, -0.1) is 0 Å². The van der Waals surface area contributed by atoms with Gasteiger partial charge in [-0.1, -0.05) is 18.2 Å². The second-order valence-corrected chi connectivity index (χ2v) is 5.45. The number of nitrogens with one attached hydrogen (secondary N) is 2. The van der Waals surface area contributed by atoms with E-state index in [9.17, 15) is 0 Å². The molecule has 0 bridgehead atoms. The van der Waals surface area contributed by atoms with Gasteiger partial charge in [0.1, 0.15) is 0 Å². The molecule has 0 atom stereocenters. The van der Waals surface area contributed by atoms with Crippen LogP contribution in [0.4, 0.5) is 0 Å². The minimum Gasteiger partial charge on any atom is -0.396 e. The number of H-pyrrole nitrogens is 1. The first kappa shape index (κ1) is 13.1. The van der Waals surface area contributed by atoms with Crippen molar-refractivity contribution in [1.82, 2.24) is 10.3 Å². The summed E-state index contributed by atoms with van der Waals surface area (Å²) < 4.78 is 0. The second kappa shape index (κ2) is 5.55. The first-order chi connectivity index (χ1) is 8.61. The smallest absolute Gasteiger partial charge is 0.0456 e. The highest BCUT2D eigenvalue weighted by atomic mass is 16.3. The summed E-state index contributed by atoms with van der Waals surface area (Å²) in [5, 5.41) is 13.5. The molecule has 1 aromatic heterocycles. The Morgan fingerprint density at radius 3 is 2.78 bits per heavy atom. The molecular weight excluding hydrogens is 224 g/mol. The van der Waals surface area contributed by atoms with Gasteiger partial charge in [0.15, 0.2) is 0 Å². The molecule has 0 saturated carbocycles. The van der Waals surface area contributed by atoms with Crippen molar-refractivity contribution in [2.75, 3.05) is 13.2 Å². The quantitative estimate of drug-likeness (QED) is 0.686. The van der Waals surface area contributed by atoms with Crippen LogP contribution in [-0.2, 0) is 6.42 Å². The lowest BCUT2D eigenvalue weighted by molar-refractivity contribution is 0.274. The normalized spacial score (nSPS) is 12.2. The summed E-state index contributed by atoms with van der Waals surface area (Å²) in [6.07, 6.45) is 1.75. The molecule has 2 rings (SSSR count). The molecule has 3 heteroatoms. The van der Waals surface area contributed by atoms with Crippen LogP contribution in [0.25, 0.3) is 10.9 Å². The number of aromatic amines is 1. The summed E-state index contributed by atoms with van der Waals surface area (Å²) in [6.45, 7) is 5.48. The van der Waals surface area contributed by atoms with Crippen LogP contribution in [0.2, 0.25) is 0 Å². The topological polar surface area (TPSA) is 48.0 Å². The van der Waals surface area contributed by atoms with Gasteiger partial charge in [-0.3, -0.25) is 0 Å². The van der Waals surface area contributed by atoms with E-state index in [0.717, 1.165) is 19.4 Å². The van der Waals surface area contributed by atoms with E-state index in [-0.39, 0.29) is 12.1 Å². The van der Waals surface area contributed by atoms with Crippen molar-refractivity contribution in [3.63, 3.8) is 0 Å². The predicted octanol–water partition coefficient (Wildman–Crippen LogP) is 2.46. The highest BCUT2D eigenvalue weighted by Crippen LogP contribution is 2.18. The number of aliphatic hydroxyl groups is 1.